The van der Waals surface area contributed by atoms with Gasteiger partial charge in [0, 0.05) is 24.5 Å². The highest BCUT2D eigenvalue weighted by Gasteiger charge is 2.38. The van der Waals surface area contributed by atoms with E-state index in [1.165, 1.54) is 20.8 Å². The molecule has 18 heteroatoms. The number of esters is 1. The maximum atomic E-state index is 13.9. The number of carbonyl (C=O) groups excluding carboxylic acids is 8. The second-order valence-corrected chi connectivity index (χ2v) is 14.1. The van der Waals surface area contributed by atoms with Crippen LogP contribution in [0.4, 0.5) is 0 Å². The molecule has 6 amide bonds. The number of carbonyl (C=O) groups is 8. The van der Waals surface area contributed by atoms with Gasteiger partial charge in [-0.05, 0) is 58.8 Å². The Balaban J connectivity index is 3.67. The Morgan fingerprint density at radius 2 is 1.44 bits per heavy atom. The lowest BCUT2D eigenvalue weighted by Gasteiger charge is -2.30. The lowest BCUT2D eigenvalue weighted by molar-refractivity contribution is -0.155. The minimum Gasteiger partial charge on any atom is -0.458 e. The molecular weight excluding hydrogens is 682 g/mol. The normalized spacial score (nSPS) is 27.1. The zero-order chi connectivity index (χ0) is 40.0. The molecule has 0 spiro atoms. The number of aliphatic hydroxyl groups excluding tert-OH is 2. The summed E-state index contributed by atoms with van der Waals surface area (Å²) in [4.78, 5) is 105. The van der Waals surface area contributed by atoms with Gasteiger partial charge in [0.25, 0.3) is 0 Å². The van der Waals surface area contributed by atoms with Crippen molar-refractivity contribution in [3.63, 3.8) is 0 Å². The van der Waals surface area contributed by atoms with Gasteiger partial charge in [0.15, 0.2) is 5.78 Å². The number of amides is 6. The lowest BCUT2D eigenvalue weighted by Crippen LogP contribution is -2.61. The smallest absolute Gasteiger partial charge is 0.328 e. The molecule has 0 aromatic heterocycles. The van der Waals surface area contributed by atoms with Gasteiger partial charge in [0.2, 0.25) is 35.4 Å². The standard InChI is InChI=1S/C34H57N7O11/c1-15(2)22-14-24(44)29(39-26(46)13-21(43)10-9-17(5)35)20(8)52-34(51)18(6)37-31(48)23(11-12-25(36)45)38-33(50)28(19(7)42)41-32(49)27(16(3)4)40-30(22)47/h15-16,18-23,27-29,35,42-43H,9-14H2,1-8H3,(H2,36,45)(H,37,48)(H,38,50)(H,39,46)(H,40,47)(H,41,49). The molecule has 1 aliphatic heterocycles. The van der Waals surface area contributed by atoms with E-state index >= 15 is 0 Å². The molecule has 294 valence electrons. The van der Waals surface area contributed by atoms with Crippen LogP contribution in [0.15, 0.2) is 0 Å². The average molecular weight is 740 g/mol. The van der Waals surface area contributed by atoms with E-state index in [9.17, 15) is 48.6 Å². The first-order valence-electron chi connectivity index (χ1n) is 17.5. The number of aliphatic hydroxyl groups is 2. The zero-order valence-electron chi connectivity index (χ0n) is 31.2. The van der Waals surface area contributed by atoms with Crippen molar-refractivity contribution in [3.8, 4) is 0 Å². The van der Waals surface area contributed by atoms with Gasteiger partial charge in [-0.2, -0.15) is 0 Å². The highest BCUT2D eigenvalue weighted by molar-refractivity contribution is 5.97. The van der Waals surface area contributed by atoms with Gasteiger partial charge >= 0.3 is 5.97 Å². The van der Waals surface area contributed by atoms with E-state index in [0.717, 1.165) is 0 Å². The second-order valence-electron chi connectivity index (χ2n) is 14.1. The van der Waals surface area contributed by atoms with Crippen LogP contribution in [0, 0.1) is 23.2 Å². The third-order valence-electron chi connectivity index (χ3n) is 8.61. The van der Waals surface area contributed by atoms with Gasteiger partial charge in [-0.25, -0.2) is 4.79 Å². The molecule has 1 aliphatic rings. The number of nitrogens with two attached hydrogens (primary N) is 1. The van der Waals surface area contributed by atoms with Crippen LogP contribution in [-0.2, 0) is 43.1 Å². The number of nitrogens with one attached hydrogen (secondary N) is 6. The number of hydrogen-bond donors (Lipinski definition) is 9. The predicted octanol–water partition coefficient (Wildman–Crippen LogP) is -1.52. The molecule has 0 bridgehead atoms. The molecule has 18 nitrogen and oxygen atoms in total. The molecule has 1 saturated heterocycles. The third-order valence-corrected chi connectivity index (χ3v) is 8.61. The molecule has 52 heavy (non-hydrogen) atoms. The molecule has 1 heterocycles. The summed E-state index contributed by atoms with van der Waals surface area (Å²) in [6.07, 6.45) is -5.22. The minimum atomic E-state index is -1.63. The maximum absolute atomic E-state index is 13.9. The Hall–Kier alpha value is -4.45. The summed E-state index contributed by atoms with van der Waals surface area (Å²) in [6, 6.07) is -7.26. The summed E-state index contributed by atoms with van der Waals surface area (Å²) in [7, 11) is 0. The molecule has 9 atom stereocenters. The van der Waals surface area contributed by atoms with E-state index in [2.05, 4.69) is 26.6 Å². The number of cyclic esters (lactones) is 1. The molecule has 0 aliphatic carbocycles. The molecule has 0 saturated carbocycles. The molecule has 1 fully saturated rings. The van der Waals surface area contributed by atoms with Crippen LogP contribution in [0.25, 0.3) is 0 Å². The van der Waals surface area contributed by atoms with Crippen LogP contribution >= 0.6 is 0 Å². The van der Waals surface area contributed by atoms with Crippen LogP contribution in [-0.4, -0.2) is 112 Å². The topological polar surface area (TPSA) is 296 Å². The largest absolute Gasteiger partial charge is 0.458 e. The van der Waals surface area contributed by atoms with Crippen molar-refractivity contribution in [2.24, 2.45) is 23.5 Å². The van der Waals surface area contributed by atoms with E-state index in [1.807, 2.05) is 0 Å². The van der Waals surface area contributed by atoms with Gasteiger partial charge in [0.05, 0.1) is 18.6 Å². The third kappa shape index (κ3) is 15.0. The van der Waals surface area contributed by atoms with Crippen LogP contribution in [0.2, 0.25) is 0 Å². The monoisotopic (exact) mass is 739 g/mol. The van der Waals surface area contributed by atoms with E-state index in [1.54, 1.807) is 34.6 Å². The van der Waals surface area contributed by atoms with Gasteiger partial charge in [-0.1, -0.05) is 27.7 Å². The quantitative estimate of drug-likeness (QED) is 0.0818. The Kier molecular flexibility index (Phi) is 18.5. The molecule has 9 unspecified atom stereocenters. The van der Waals surface area contributed by atoms with Crippen molar-refractivity contribution < 1.29 is 53.3 Å². The zero-order valence-corrected chi connectivity index (χ0v) is 31.2. The molecular formula is C34H57N7O11. The number of hydrogen-bond acceptors (Lipinski definition) is 12. The van der Waals surface area contributed by atoms with E-state index in [0.29, 0.717) is 5.71 Å². The fourth-order valence-electron chi connectivity index (χ4n) is 5.35. The number of Topliss-reactive ketones (excluding diaryl/α,β-unsaturated/α-hetero) is 1. The Morgan fingerprint density at radius 1 is 0.865 bits per heavy atom. The van der Waals surface area contributed by atoms with Crippen LogP contribution in [0.3, 0.4) is 0 Å². The van der Waals surface area contributed by atoms with Crippen molar-refractivity contribution in [1.29, 1.82) is 5.41 Å². The highest BCUT2D eigenvalue weighted by Crippen LogP contribution is 2.20. The summed E-state index contributed by atoms with van der Waals surface area (Å²) >= 11 is 0. The van der Waals surface area contributed by atoms with Gasteiger partial charge in [-0.3, -0.25) is 33.6 Å². The van der Waals surface area contributed by atoms with Crippen molar-refractivity contribution in [2.75, 3.05) is 0 Å². The fraction of sp³-hybridized carbons (Fsp3) is 0.735. The van der Waals surface area contributed by atoms with Crippen molar-refractivity contribution in [1.82, 2.24) is 26.6 Å². The summed E-state index contributed by atoms with van der Waals surface area (Å²) in [5, 5.41) is 40.6. The fourth-order valence-corrected chi connectivity index (χ4v) is 5.35. The molecule has 1 rings (SSSR count). The maximum Gasteiger partial charge on any atom is 0.328 e. The Labute approximate surface area is 304 Å². The first-order chi connectivity index (χ1) is 24.0. The molecule has 10 N–H and O–H groups in total. The van der Waals surface area contributed by atoms with Gasteiger partial charge in [0.1, 0.15) is 36.3 Å². The summed E-state index contributed by atoms with van der Waals surface area (Å²) in [6.45, 7) is 11.9. The molecule has 0 radical (unpaired) electrons. The summed E-state index contributed by atoms with van der Waals surface area (Å²) in [5.74, 6) is -8.89. The first kappa shape index (κ1) is 45.6. The van der Waals surface area contributed by atoms with Crippen molar-refractivity contribution in [2.45, 2.75) is 142 Å². The molecule has 0 aromatic carbocycles. The van der Waals surface area contributed by atoms with E-state index < -0.39 is 126 Å². The SMILES string of the molecule is CC(=N)CCC(O)CC(=O)NC1C(=O)CC(C(C)C)C(=O)NC(C(C)C)C(=O)NC(C(C)O)C(=O)NC(CCC(N)=O)C(=O)NC(C)C(=O)OC1C. The average Bonchev–Trinajstić information content (AvgIpc) is 3.02. The molecule has 0 aromatic rings. The van der Waals surface area contributed by atoms with Crippen molar-refractivity contribution >= 4 is 52.9 Å². The van der Waals surface area contributed by atoms with E-state index in [4.69, 9.17) is 15.9 Å². The highest BCUT2D eigenvalue weighted by atomic mass is 16.5. The number of rotatable bonds is 12. The van der Waals surface area contributed by atoms with Crippen LogP contribution < -0.4 is 32.3 Å². The Morgan fingerprint density at radius 3 is 1.96 bits per heavy atom. The lowest BCUT2D eigenvalue weighted by atomic mass is 9.86. The summed E-state index contributed by atoms with van der Waals surface area (Å²) in [5.41, 5.74) is 5.56. The minimum absolute atomic E-state index is 0.113. The van der Waals surface area contributed by atoms with Gasteiger partial charge < -0.3 is 52.7 Å². The van der Waals surface area contributed by atoms with Crippen LogP contribution in [0.5, 0.6) is 0 Å². The Bertz CT molecular complexity index is 1340. The van der Waals surface area contributed by atoms with E-state index in [-0.39, 0.29) is 25.7 Å². The first-order valence-corrected chi connectivity index (χ1v) is 17.5. The van der Waals surface area contributed by atoms with Crippen molar-refractivity contribution in [3.05, 3.63) is 0 Å². The van der Waals surface area contributed by atoms with Crippen LogP contribution in [0.1, 0.15) is 93.9 Å². The summed E-state index contributed by atoms with van der Waals surface area (Å²) < 4.78 is 5.50. The second kappa shape index (κ2) is 21.2. The predicted molar refractivity (Wildman–Crippen MR) is 187 cm³/mol. The number of ether oxygens (including phenoxy) is 1. The van der Waals surface area contributed by atoms with Gasteiger partial charge in [-0.15, -0.1) is 0 Å². The number of ketones is 1. The number of primary amides is 1.